The monoisotopic (exact) mass is 457 g/mol. The van der Waals surface area contributed by atoms with Crippen molar-refractivity contribution in [2.45, 2.75) is 76.9 Å². The molecule has 3 amide bonds. The molecule has 2 atom stereocenters. The lowest BCUT2D eigenvalue weighted by Gasteiger charge is -2.28. The third-order valence-corrected chi connectivity index (χ3v) is 6.55. The van der Waals surface area contributed by atoms with E-state index < -0.39 is 5.54 Å². The molecule has 0 radical (unpaired) electrons. The van der Waals surface area contributed by atoms with Crippen molar-refractivity contribution in [3.05, 3.63) is 48.1 Å². The number of amides is 3. The predicted octanol–water partition coefficient (Wildman–Crippen LogP) is 4.99. The first-order valence-electron chi connectivity index (χ1n) is 12.5. The Morgan fingerprint density at radius 1 is 1.18 bits per heavy atom. The maximum absolute atomic E-state index is 13.2. The van der Waals surface area contributed by atoms with Crippen molar-refractivity contribution in [2.24, 2.45) is 0 Å². The topological polar surface area (TPSA) is 61.9 Å². The van der Waals surface area contributed by atoms with Crippen LogP contribution in [0.3, 0.4) is 0 Å². The van der Waals surface area contributed by atoms with Gasteiger partial charge in [-0.25, -0.2) is 4.79 Å². The number of nitrogens with zero attached hydrogens (tertiary/aromatic N) is 2. The van der Waals surface area contributed by atoms with Crippen molar-refractivity contribution in [3.63, 3.8) is 0 Å². The molecule has 1 N–H and O–H groups in total. The largest absolute Gasteiger partial charge is 0.377 e. The van der Waals surface area contributed by atoms with E-state index >= 15 is 0 Å². The van der Waals surface area contributed by atoms with Crippen LogP contribution in [0.15, 0.2) is 48.1 Å². The quantitative estimate of drug-likeness (QED) is 0.214. The van der Waals surface area contributed by atoms with Crippen molar-refractivity contribution in [1.82, 2.24) is 15.1 Å². The molecule has 2 aliphatic rings. The van der Waals surface area contributed by atoms with Gasteiger partial charge in [0.15, 0.2) is 0 Å². The molecule has 0 spiro atoms. The van der Waals surface area contributed by atoms with E-state index in [4.69, 9.17) is 4.74 Å². The van der Waals surface area contributed by atoms with Crippen LogP contribution in [0.5, 0.6) is 0 Å². The first kappa shape index (κ1) is 27.1. The second kappa shape index (κ2) is 14.2. The summed E-state index contributed by atoms with van der Waals surface area (Å²) in [5.41, 5.74) is 0.180. The molecule has 0 aromatic heterocycles. The van der Waals surface area contributed by atoms with Crippen LogP contribution in [0.4, 0.5) is 4.79 Å². The van der Waals surface area contributed by atoms with Gasteiger partial charge in [0, 0.05) is 13.7 Å². The Hall–Kier alpha value is -2.18. The Kier molecular flexibility index (Phi) is 11.6. The Labute approximate surface area is 200 Å². The smallest absolute Gasteiger partial charge is 0.325 e. The molecule has 0 bridgehead atoms. The average molecular weight is 458 g/mol. The molecular formula is C27H43N3O3. The van der Waals surface area contributed by atoms with Crippen LogP contribution in [0.25, 0.3) is 0 Å². The third kappa shape index (κ3) is 8.27. The fraction of sp³-hybridized carbons (Fsp3) is 0.630. The normalized spacial score (nSPS) is 23.4. The van der Waals surface area contributed by atoms with Gasteiger partial charge in [-0.05, 0) is 70.5 Å². The summed E-state index contributed by atoms with van der Waals surface area (Å²) in [6.45, 7) is 6.22. The fourth-order valence-corrected chi connectivity index (χ4v) is 4.22. The van der Waals surface area contributed by atoms with Gasteiger partial charge in [0.1, 0.15) is 5.54 Å². The van der Waals surface area contributed by atoms with E-state index in [1.54, 1.807) is 7.11 Å². The van der Waals surface area contributed by atoms with E-state index in [2.05, 4.69) is 48.5 Å². The van der Waals surface area contributed by atoms with Crippen LogP contribution in [-0.4, -0.2) is 67.2 Å². The van der Waals surface area contributed by atoms with Crippen molar-refractivity contribution in [3.8, 4) is 0 Å². The lowest BCUT2D eigenvalue weighted by Crippen LogP contribution is -2.48. The molecule has 184 valence electrons. The number of unbranched alkanes of at least 4 members (excludes halogenated alkanes) is 2. The van der Waals surface area contributed by atoms with Crippen LogP contribution in [-0.2, 0) is 9.53 Å². The summed E-state index contributed by atoms with van der Waals surface area (Å²) < 4.78 is 5.32. The van der Waals surface area contributed by atoms with Gasteiger partial charge in [-0.15, -0.1) is 0 Å². The highest BCUT2D eigenvalue weighted by molar-refractivity contribution is 6.07. The number of allylic oxidation sites excluding steroid dienone is 4. The SMILES string of the molecule is CC/C=C\C/C=C\CCCCN(C)CCC1(CC)NC(=O)N(CC2=CCC(OC)C=C2)C1=O. The highest BCUT2D eigenvalue weighted by Crippen LogP contribution is 2.27. The molecule has 0 aromatic carbocycles. The fourth-order valence-electron chi connectivity index (χ4n) is 4.22. The van der Waals surface area contributed by atoms with Gasteiger partial charge in [0.2, 0.25) is 0 Å². The van der Waals surface area contributed by atoms with Gasteiger partial charge in [-0.3, -0.25) is 9.69 Å². The number of ether oxygens (including phenoxy) is 1. The predicted molar refractivity (Wildman–Crippen MR) is 135 cm³/mol. The van der Waals surface area contributed by atoms with Gasteiger partial charge in [-0.2, -0.15) is 0 Å². The summed E-state index contributed by atoms with van der Waals surface area (Å²) in [6.07, 6.45) is 22.4. The molecular weight excluding hydrogens is 414 g/mol. The summed E-state index contributed by atoms with van der Waals surface area (Å²) in [5.74, 6) is -0.103. The Morgan fingerprint density at radius 2 is 1.97 bits per heavy atom. The molecule has 33 heavy (non-hydrogen) atoms. The number of carbonyl (C=O) groups is 2. The third-order valence-electron chi connectivity index (χ3n) is 6.55. The van der Waals surface area contributed by atoms with Gasteiger partial charge in [0.05, 0.1) is 12.6 Å². The van der Waals surface area contributed by atoms with E-state index in [9.17, 15) is 9.59 Å². The van der Waals surface area contributed by atoms with Gasteiger partial charge in [0.25, 0.3) is 5.91 Å². The second-order valence-electron chi connectivity index (χ2n) is 9.04. The molecule has 2 rings (SSSR count). The number of hydrogen-bond acceptors (Lipinski definition) is 4. The van der Waals surface area contributed by atoms with Crippen LogP contribution >= 0.6 is 0 Å². The van der Waals surface area contributed by atoms with E-state index in [0.29, 0.717) is 19.4 Å². The molecule has 2 unspecified atom stereocenters. The molecule has 6 nitrogen and oxygen atoms in total. The number of urea groups is 1. The van der Waals surface area contributed by atoms with Crippen LogP contribution < -0.4 is 5.32 Å². The minimum absolute atomic E-state index is 0.0705. The maximum Gasteiger partial charge on any atom is 0.325 e. The van der Waals surface area contributed by atoms with Crippen molar-refractivity contribution < 1.29 is 14.3 Å². The number of carbonyl (C=O) groups excluding carboxylic acids is 2. The van der Waals surface area contributed by atoms with Gasteiger partial charge < -0.3 is 15.0 Å². The van der Waals surface area contributed by atoms with Crippen molar-refractivity contribution >= 4 is 11.9 Å². The van der Waals surface area contributed by atoms with Gasteiger partial charge in [-0.1, -0.05) is 56.4 Å². The van der Waals surface area contributed by atoms with Crippen LogP contribution in [0, 0.1) is 0 Å². The van der Waals surface area contributed by atoms with Crippen LogP contribution in [0.2, 0.25) is 0 Å². The summed E-state index contributed by atoms with van der Waals surface area (Å²) in [6, 6.07) is -0.284. The zero-order valence-electron chi connectivity index (χ0n) is 21.0. The molecule has 1 aliphatic carbocycles. The molecule has 1 saturated heterocycles. The molecule has 1 aliphatic heterocycles. The Bertz CT molecular complexity index is 756. The molecule has 1 fully saturated rings. The van der Waals surface area contributed by atoms with Crippen LogP contribution in [0.1, 0.15) is 65.2 Å². The maximum atomic E-state index is 13.2. The minimum atomic E-state index is -0.798. The summed E-state index contributed by atoms with van der Waals surface area (Å²) in [4.78, 5) is 29.5. The zero-order valence-corrected chi connectivity index (χ0v) is 21.0. The number of nitrogens with one attached hydrogen (secondary N) is 1. The number of rotatable bonds is 15. The minimum Gasteiger partial charge on any atom is -0.377 e. The number of methoxy groups -OCH3 is 1. The van der Waals surface area contributed by atoms with Crippen molar-refractivity contribution in [2.75, 3.05) is 33.8 Å². The highest BCUT2D eigenvalue weighted by atomic mass is 16.5. The summed E-state index contributed by atoms with van der Waals surface area (Å²) >= 11 is 0. The molecule has 1 heterocycles. The van der Waals surface area contributed by atoms with Gasteiger partial charge >= 0.3 is 6.03 Å². The summed E-state index contributed by atoms with van der Waals surface area (Å²) in [7, 11) is 3.78. The van der Waals surface area contributed by atoms with E-state index in [1.807, 2.05) is 25.2 Å². The molecule has 0 saturated carbocycles. The van der Waals surface area contributed by atoms with E-state index in [0.717, 1.165) is 57.2 Å². The highest BCUT2D eigenvalue weighted by Gasteiger charge is 2.49. The molecule has 0 aromatic rings. The average Bonchev–Trinajstić information content (AvgIpc) is 3.06. The first-order chi connectivity index (χ1) is 16.0. The zero-order chi connectivity index (χ0) is 24.1. The summed E-state index contributed by atoms with van der Waals surface area (Å²) in [5, 5.41) is 3.01. The second-order valence-corrected chi connectivity index (χ2v) is 9.04. The first-order valence-corrected chi connectivity index (χ1v) is 12.5. The molecule has 6 heteroatoms. The van der Waals surface area contributed by atoms with E-state index in [-0.39, 0.29) is 18.0 Å². The Morgan fingerprint density at radius 3 is 2.64 bits per heavy atom. The van der Waals surface area contributed by atoms with E-state index in [1.165, 1.54) is 4.90 Å². The Balaban J connectivity index is 1.76. The standard InChI is InChI=1S/C27H43N3O3/c1-5-7-8-9-10-11-12-13-14-20-29(3)21-19-27(6-2)25(31)30(26(32)28-27)22-23-15-17-24(33-4)18-16-23/h7-8,10-11,15-17,24H,5-6,9,12-14,18-22H2,1-4H3,(H,28,32)/b8-7-,11-10-. The number of hydrogen-bond donors (Lipinski definition) is 1. The number of imide groups is 1. The lowest BCUT2D eigenvalue weighted by atomic mass is 9.91. The van der Waals surface area contributed by atoms with Crippen molar-refractivity contribution in [1.29, 1.82) is 0 Å². The lowest BCUT2D eigenvalue weighted by molar-refractivity contribution is -0.131.